The zero-order chi connectivity index (χ0) is 29.5. The van der Waals surface area contributed by atoms with Gasteiger partial charge in [0.15, 0.2) is 0 Å². The van der Waals surface area contributed by atoms with Gasteiger partial charge in [-0.15, -0.1) is 0 Å². The van der Waals surface area contributed by atoms with Crippen molar-refractivity contribution in [2.45, 2.75) is 105 Å². The standard InChI is InChI=1S/C36H48N2O2.CH3.Co/c1-9-35(10-2,11-3)29-19-25(7)33(39)27(21-29)23-37-31-17-15-16-18-32(31)38-24-28-22-30(20-26(8)34(28)40)36(12-4,13-5)14-6;;/h15-24,39-40H,9-14H2,1-8H3;1H3;/q;-1;. The predicted molar refractivity (Wildman–Crippen MR) is 178 cm³/mol. The van der Waals surface area contributed by atoms with E-state index in [-0.39, 0.29) is 46.5 Å². The first-order chi connectivity index (χ1) is 19.1. The fourth-order valence-electron chi connectivity index (χ4n) is 6.11. The number of para-hydroxylation sites is 2. The average molecular weight is 615 g/mol. The molecule has 0 bridgehead atoms. The van der Waals surface area contributed by atoms with Crippen LogP contribution in [-0.2, 0) is 27.6 Å². The fraction of sp³-hybridized carbons (Fsp3) is 0.432. The maximum atomic E-state index is 10.9. The van der Waals surface area contributed by atoms with Gasteiger partial charge in [0, 0.05) is 40.3 Å². The van der Waals surface area contributed by atoms with Gasteiger partial charge < -0.3 is 17.6 Å². The third-order valence-electron chi connectivity index (χ3n) is 9.51. The van der Waals surface area contributed by atoms with E-state index in [4.69, 9.17) is 9.98 Å². The quantitative estimate of drug-likeness (QED) is 0.157. The van der Waals surface area contributed by atoms with Crippen molar-refractivity contribution in [3.05, 3.63) is 89.3 Å². The zero-order valence-electron chi connectivity index (χ0n) is 27.1. The summed E-state index contributed by atoms with van der Waals surface area (Å²) in [6, 6.07) is 16.1. The van der Waals surface area contributed by atoms with Gasteiger partial charge in [-0.1, -0.05) is 65.8 Å². The predicted octanol–water partition coefficient (Wildman–Crippen LogP) is 10.6. The Kier molecular flexibility index (Phi) is 14.2. The molecular weight excluding hydrogens is 563 g/mol. The van der Waals surface area contributed by atoms with E-state index in [1.807, 2.05) is 38.1 Å². The summed E-state index contributed by atoms with van der Waals surface area (Å²) in [6.07, 6.45) is 9.75. The Labute approximate surface area is 265 Å². The maximum absolute atomic E-state index is 10.9. The molecule has 0 aromatic heterocycles. The van der Waals surface area contributed by atoms with Crippen LogP contribution in [0.4, 0.5) is 11.4 Å². The minimum Gasteiger partial charge on any atom is -0.507 e. The molecule has 0 aliphatic carbocycles. The van der Waals surface area contributed by atoms with Crippen molar-refractivity contribution in [3.63, 3.8) is 0 Å². The van der Waals surface area contributed by atoms with Crippen molar-refractivity contribution in [1.82, 2.24) is 0 Å². The molecule has 0 unspecified atom stereocenters. The monoisotopic (exact) mass is 614 g/mol. The molecule has 3 aromatic rings. The summed E-state index contributed by atoms with van der Waals surface area (Å²) in [4.78, 5) is 9.53. The molecule has 0 aliphatic rings. The van der Waals surface area contributed by atoms with Gasteiger partial charge in [-0.2, -0.15) is 0 Å². The Morgan fingerprint density at radius 1 is 0.595 bits per heavy atom. The molecule has 5 heteroatoms. The van der Waals surface area contributed by atoms with Gasteiger partial charge in [-0.25, -0.2) is 0 Å². The molecule has 0 aliphatic heterocycles. The number of benzene rings is 3. The molecule has 4 nitrogen and oxygen atoms in total. The summed E-state index contributed by atoms with van der Waals surface area (Å²) in [7, 11) is 0. The Morgan fingerprint density at radius 2 is 0.905 bits per heavy atom. The first-order valence-electron chi connectivity index (χ1n) is 15.0. The van der Waals surface area contributed by atoms with Gasteiger partial charge in [0.25, 0.3) is 0 Å². The van der Waals surface area contributed by atoms with Crippen LogP contribution in [0.2, 0.25) is 0 Å². The maximum Gasteiger partial charge on any atom is 0.127 e. The van der Waals surface area contributed by atoms with Gasteiger partial charge in [0.2, 0.25) is 0 Å². The first kappa shape index (κ1) is 37.1. The van der Waals surface area contributed by atoms with E-state index in [2.05, 4.69) is 65.8 Å². The number of nitrogens with zero attached hydrogens (tertiary/aromatic N) is 2. The van der Waals surface area contributed by atoms with E-state index in [1.165, 1.54) is 11.1 Å². The molecule has 42 heavy (non-hydrogen) atoms. The van der Waals surface area contributed by atoms with Gasteiger partial charge in [-0.3, -0.25) is 9.98 Å². The fourth-order valence-corrected chi connectivity index (χ4v) is 6.11. The number of aromatic hydroxyl groups is 2. The SMILES string of the molecule is CCC(CC)(CC)c1cc(C)c(O)c(C=Nc2ccccc2N=Cc2cc(C(CC)(CC)CC)cc(C)c2O)c1.[CH3-].[Co]. The topological polar surface area (TPSA) is 65.2 Å². The smallest absolute Gasteiger partial charge is 0.127 e. The van der Waals surface area contributed by atoms with E-state index >= 15 is 0 Å². The number of hydrogen-bond donors (Lipinski definition) is 2. The second-order valence-corrected chi connectivity index (χ2v) is 11.1. The number of phenolic OH excluding ortho intramolecular Hbond substituents is 2. The van der Waals surface area contributed by atoms with Crippen LogP contribution < -0.4 is 0 Å². The van der Waals surface area contributed by atoms with Gasteiger partial charge in [0.05, 0.1) is 11.4 Å². The normalized spacial score (nSPS) is 12.0. The summed E-state index contributed by atoms with van der Waals surface area (Å²) in [5.41, 5.74) is 7.21. The number of hydrogen-bond acceptors (Lipinski definition) is 4. The Balaban J connectivity index is 0.00000441. The molecule has 3 aromatic carbocycles. The molecule has 0 saturated carbocycles. The van der Waals surface area contributed by atoms with Crippen LogP contribution in [-0.4, -0.2) is 22.6 Å². The molecule has 2 N–H and O–H groups in total. The van der Waals surface area contributed by atoms with Gasteiger partial charge in [-0.05, 0) is 110 Å². The van der Waals surface area contributed by atoms with Crippen molar-refractivity contribution < 1.29 is 27.0 Å². The first-order valence-corrected chi connectivity index (χ1v) is 15.0. The number of rotatable bonds is 12. The Bertz CT molecular complexity index is 1250. The third kappa shape index (κ3) is 7.54. The van der Waals surface area contributed by atoms with Crippen molar-refractivity contribution in [2.75, 3.05) is 0 Å². The molecule has 0 spiro atoms. The summed E-state index contributed by atoms with van der Waals surface area (Å²) in [5.74, 6) is 0.517. The van der Waals surface area contributed by atoms with Gasteiger partial charge in [0.1, 0.15) is 11.5 Å². The minimum atomic E-state index is 0. The Hall–Kier alpha value is -2.89. The van der Waals surface area contributed by atoms with Crippen LogP contribution in [0.1, 0.15) is 113 Å². The third-order valence-corrected chi connectivity index (χ3v) is 9.51. The van der Waals surface area contributed by atoms with Crippen LogP contribution in [0.25, 0.3) is 0 Å². The number of aliphatic imine (C=N–C) groups is 2. The zero-order valence-corrected chi connectivity index (χ0v) is 28.2. The molecule has 231 valence electrons. The van der Waals surface area contributed by atoms with Crippen molar-refractivity contribution >= 4 is 23.8 Å². The van der Waals surface area contributed by atoms with E-state index in [0.717, 1.165) is 49.7 Å². The number of phenols is 2. The molecule has 0 amide bonds. The Morgan fingerprint density at radius 3 is 1.19 bits per heavy atom. The summed E-state index contributed by atoms with van der Waals surface area (Å²) >= 11 is 0. The molecule has 0 saturated heterocycles. The van der Waals surface area contributed by atoms with Crippen molar-refractivity contribution in [3.8, 4) is 11.5 Å². The van der Waals surface area contributed by atoms with Crippen LogP contribution >= 0.6 is 0 Å². The summed E-state index contributed by atoms with van der Waals surface area (Å²) < 4.78 is 0. The molecule has 3 rings (SSSR count). The van der Waals surface area contributed by atoms with E-state index < -0.39 is 0 Å². The largest absolute Gasteiger partial charge is 0.507 e. The molecule has 0 fully saturated rings. The molecule has 0 heterocycles. The second kappa shape index (κ2) is 16.1. The minimum absolute atomic E-state index is 0. The van der Waals surface area contributed by atoms with Crippen LogP contribution in [0.3, 0.4) is 0 Å². The molecule has 1 radical (unpaired) electrons. The van der Waals surface area contributed by atoms with Crippen molar-refractivity contribution in [1.29, 1.82) is 0 Å². The van der Waals surface area contributed by atoms with Crippen LogP contribution in [0.5, 0.6) is 11.5 Å². The van der Waals surface area contributed by atoms with Crippen molar-refractivity contribution in [2.24, 2.45) is 9.98 Å². The van der Waals surface area contributed by atoms with Gasteiger partial charge >= 0.3 is 0 Å². The van der Waals surface area contributed by atoms with Crippen LogP contribution in [0.15, 0.2) is 58.5 Å². The van der Waals surface area contributed by atoms with E-state index in [1.54, 1.807) is 12.4 Å². The van der Waals surface area contributed by atoms with Crippen LogP contribution in [0, 0.1) is 21.3 Å². The van der Waals surface area contributed by atoms with E-state index in [0.29, 0.717) is 22.5 Å². The molecule has 0 atom stereocenters. The van der Waals surface area contributed by atoms with E-state index in [9.17, 15) is 10.2 Å². The average Bonchev–Trinajstić information content (AvgIpc) is 2.97. The summed E-state index contributed by atoms with van der Waals surface area (Å²) in [5, 5.41) is 21.7. The summed E-state index contributed by atoms with van der Waals surface area (Å²) in [6.45, 7) is 17.3. The molecular formula is C37H51CoN2O2-. The number of aryl methyl sites for hydroxylation is 2. The second-order valence-electron chi connectivity index (χ2n) is 11.1.